The molecule has 24 heavy (non-hydrogen) atoms. The summed E-state index contributed by atoms with van der Waals surface area (Å²) >= 11 is 0. The lowest BCUT2D eigenvalue weighted by atomic mass is 10.0. The number of rotatable bonds is 4. The van der Waals surface area contributed by atoms with E-state index in [1.807, 2.05) is 42.5 Å². The van der Waals surface area contributed by atoms with Crippen molar-refractivity contribution in [1.82, 2.24) is 4.98 Å². The molecule has 0 saturated heterocycles. The summed E-state index contributed by atoms with van der Waals surface area (Å²) in [5.41, 5.74) is 1.72. The van der Waals surface area contributed by atoms with Gasteiger partial charge in [-0.25, -0.2) is 4.74 Å². The smallest absolute Gasteiger partial charge is 0.256 e. The molecular formula is C19H17N3O2. The zero-order chi connectivity index (χ0) is 16.9. The second-order valence-electron chi connectivity index (χ2n) is 5.31. The number of nitrogens with zero attached hydrogens (tertiary/aromatic N) is 2. The second-order valence-corrected chi connectivity index (χ2v) is 5.31. The molecule has 1 N–H and O–H groups in total. The molecule has 0 atom stereocenters. The fraction of sp³-hybridized carbons (Fsp3) is 0.105. The molecule has 1 heterocycles. The molecule has 0 aliphatic rings. The first kappa shape index (κ1) is 15.7. The number of carbonyl (C=O) groups is 1. The summed E-state index contributed by atoms with van der Waals surface area (Å²) in [7, 11) is 0. The number of aromatic nitrogens is 1. The Balaban J connectivity index is 2.09. The lowest BCUT2D eigenvalue weighted by Gasteiger charge is -2.10. The molecule has 1 amide bonds. The van der Waals surface area contributed by atoms with Gasteiger partial charge >= 0.3 is 0 Å². The third kappa shape index (κ3) is 3.25. The summed E-state index contributed by atoms with van der Waals surface area (Å²) in [6.07, 6.45) is 4.80. The topological polar surface area (TPSA) is 68.1 Å². The van der Waals surface area contributed by atoms with Crippen LogP contribution in [0.25, 0.3) is 10.8 Å². The molecule has 0 radical (unpaired) electrons. The zero-order valence-electron chi connectivity index (χ0n) is 13.3. The number of nitrogens with one attached hydrogen (secondary N) is 1. The van der Waals surface area contributed by atoms with Crippen molar-refractivity contribution in [2.75, 3.05) is 11.9 Å². The van der Waals surface area contributed by atoms with E-state index >= 15 is 0 Å². The number of carbonyl (C=O) groups excluding carboxylic acids is 1. The molecule has 0 aliphatic carbocycles. The van der Waals surface area contributed by atoms with Crippen molar-refractivity contribution in [1.29, 1.82) is 0 Å². The summed E-state index contributed by atoms with van der Waals surface area (Å²) < 4.78 is 0.807. The minimum absolute atomic E-state index is 0.261. The Morgan fingerprint density at radius 2 is 2.00 bits per heavy atom. The fourth-order valence-corrected chi connectivity index (χ4v) is 2.48. The van der Waals surface area contributed by atoms with Crippen LogP contribution >= 0.6 is 0 Å². The van der Waals surface area contributed by atoms with Gasteiger partial charge in [-0.3, -0.25) is 9.78 Å². The van der Waals surface area contributed by atoms with E-state index < -0.39 is 0 Å². The molecule has 2 aromatic carbocycles. The van der Waals surface area contributed by atoms with Crippen molar-refractivity contribution in [2.24, 2.45) is 0 Å². The molecule has 120 valence electrons. The SMILES string of the molecule is CC/[N+]([O-])=C/c1c(C(=O)Nc2ccccc2)ccc2ccncc12. The van der Waals surface area contributed by atoms with Gasteiger partial charge in [0.05, 0.1) is 11.1 Å². The van der Waals surface area contributed by atoms with Crippen molar-refractivity contribution in [3.05, 3.63) is 77.3 Å². The molecule has 5 nitrogen and oxygen atoms in total. The molecular weight excluding hydrogens is 302 g/mol. The van der Waals surface area contributed by atoms with Gasteiger partial charge in [0.25, 0.3) is 5.91 Å². The van der Waals surface area contributed by atoms with Gasteiger partial charge in [-0.15, -0.1) is 0 Å². The van der Waals surface area contributed by atoms with Crippen LogP contribution in [0, 0.1) is 5.21 Å². The molecule has 0 unspecified atom stereocenters. The van der Waals surface area contributed by atoms with Gasteiger partial charge in [-0.1, -0.05) is 24.3 Å². The van der Waals surface area contributed by atoms with Crippen LogP contribution in [-0.4, -0.2) is 28.4 Å². The first-order chi connectivity index (χ1) is 11.7. The van der Waals surface area contributed by atoms with E-state index in [-0.39, 0.29) is 5.91 Å². The maximum atomic E-state index is 12.7. The largest absolute Gasteiger partial charge is 0.624 e. The highest BCUT2D eigenvalue weighted by Gasteiger charge is 2.16. The normalized spacial score (nSPS) is 11.5. The average molecular weight is 319 g/mol. The van der Waals surface area contributed by atoms with Crippen LogP contribution < -0.4 is 5.32 Å². The third-order valence-corrected chi connectivity index (χ3v) is 3.73. The van der Waals surface area contributed by atoms with Gasteiger partial charge in [-0.2, -0.15) is 0 Å². The van der Waals surface area contributed by atoms with Crippen LogP contribution in [0.5, 0.6) is 0 Å². The number of para-hydroxylation sites is 1. The maximum Gasteiger partial charge on any atom is 0.256 e. The van der Waals surface area contributed by atoms with Crippen molar-refractivity contribution >= 4 is 28.6 Å². The van der Waals surface area contributed by atoms with E-state index in [4.69, 9.17) is 0 Å². The van der Waals surface area contributed by atoms with Gasteiger partial charge in [0, 0.05) is 23.5 Å². The molecule has 1 aromatic heterocycles. The molecule has 0 saturated carbocycles. The van der Waals surface area contributed by atoms with Crippen molar-refractivity contribution in [3.8, 4) is 0 Å². The van der Waals surface area contributed by atoms with Crippen LogP contribution in [0.2, 0.25) is 0 Å². The molecule has 3 rings (SSSR count). The van der Waals surface area contributed by atoms with Crippen LogP contribution in [0.15, 0.2) is 60.9 Å². The van der Waals surface area contributed by atoms with E-state index in [0.717, 1.165) is 15.5 Å². The summed E-state index contributed by atoms with van der Waals surface area (Å²) in [6, 6.07) is 14.7. The summed E-state index contributed by atoms with van der Waals surface area (Å²) in [4.78, 5) is 16.8. The van der Waals surface area contributed by atoms with Crippen LogP contribution in [0.4, 0.5) is 5.69 Å². The van der Waals surface area contributed by atoms with Crippen molar-refractivity contribution in [3.63, 3.8) is 0 Å². The summed E-state index contributed by atoms with van der Waals surface area (Å²) in [5.74, 6) is -0.261. The lowest BCUT2D eigenvalue weighted by Crippen LogP contribution is -2.16. The Kier molecular flexibility index (Phi) is 4.52. The van der Waals surface area contributed by atoms with E-state index in [9.17, 15) is 10.0 Å². The standard InChI is InChI=1S/C19H17N3O2/c1-2-22(24)13-18-16(9-8-14-10-11-20-12-17(14)18)19(23)21-15-6-4-3-5-7-15/h3-13H,2H2,1H3,(H,21,23)/b22-13-. The summed E-state index contributed by atoms with van der Waals surface area (Å²) in [6.45, 7) is 2.06. The Hall–Kier alpha value is -3.21. The quantitative estimate of drug-likeness (QED) is 0.347. The van der Waals surface area contributed by atoms with Crippen molar-refractivity contribution < 1.29 is 9.53 Å². The third-order valence-electron chi connectivity index (χ3n) is 3.73. The Morgan fingerprint density at radius 3 is 2.75 bits per heavy atom. The highest BCUT2D eigenvalue weighted by Crippen LogP contribution is 2.21. The minimum Gasteiger partial charge on any atom is -0.624 e. The van der Waals surface area contributed by atoms with E-state index in [0.29, 0.717) is 23.4 Å². The first-order valence-electron chi connectivity index (χ1n) is 7.71. The zero-order valence-corrected chi connectivity index (χ0v) is 13.3. The Morgan fingerprint density at radius 1 is 1.21 bits per heavy atom. The Labute approximate surface area is 139 Å². The van der Waals surface area contributed by atoms with E-state index in [1.165, 1.54) is 6.21 Å². The van der Waals surface area contributed by atoms with Gasteiger partial charge in [0.15, 0.2) is 12.8 Å². The highest BCUT2D eigenvalue weighted by atomic mass is 16.5. The predicted molar refractivity (Wildman–Crippen MR) is 95.5 cm³/mol. The van der Waals surface area contributed by atoms with Gasteiger partial charge in [0.1, 0.15) is 0 Å². The van der Waals surface area contributed by atoms with Gasteiger partial charge in [-0.05, 0) is 36.6 Å². The number of anilines is 1. The minimum atomic E-state index is -0.261. The van der Waals surface area contributed by atoms with E-state index in [1.54, 1.807) is 25.4 Å². The van der Waals surface area contributed by atoms with E-state index in [2.05, 4.69) is 10.3 Å². The number of hydrogen-bond acceptors (Lipinski definition) is 3. The van der Waals surface area contributed by atoms with Crippen molar-refractivity contribution in [2.45, 2.75) is 6.92 Å². The number of hydroxylamine groups is 1. The Bertz CT molecular complexity index is 905. The van der Waals surface area contributed by atoms with Crippen LogP contribution in [0.1, 0.15) is 22.8 Å². The van der Waals surface area contributed by atoms with Gasteiger partial charge < -0.3 is 10.5 Å². The second kappa shape index (κ2) is 6.91. The summed E-state index contributed by atoms with van der Waals surface area (Å²) in [5, 5.41) is 16.4. The average Bonchev–Trinajstić information content (AvgIpc) is 2.62. The van der Waals surface area contributed by atoms with Gasteiger partial charge in [0.2, 0.25) is 0 Å². The molecule has 0 bridgehead atoms. The maximum absolute atomic E-state index is 12.7. The number of amides is 1. The molecule has 5 heteroatoms. The number of hydrogen-bond donors (Lipinski definition) is 1. The molecule has 3 aromatic rings. The van der Waals surface area contributed by atoms with Crippen LogP contribution in [-0.2, 0) is 0 Å². The number of pyridine rings is 1. The fourth-order valence-electron chi connectivity index (χ4n) is 2.48. The first-order valence-corrected chi connectivity index (χ1v) is 7.71. The molecule has 0 aliphatic heterocycles. The van der Waals surface area contributed by atoms with Crippen LogP contribution in [0.3, 0.4) is 0 Å². The molecule has 0 fully saturated rings. The molecule has 0 spiro atoms. The monoisotopic (exact) mass is 319 g/mol. The number of fused-ring (bicyclic) bond motifs is 1. The number of benzene rings is 2. The lowest BCUT2D eigenvalue weighted by molar-refractivity contribution is -0.447. The highest BCUT2D eigenvalue weighted by molar-refractivity contribution is 6.14. The predicted octanol–water partition coefficient (Wildman–Crippen LogP) is 3.44.